The van der Waals surface area contributed by atoms with Crippen molar-refractivity contribution in [1.82, 2.24) is 0 Å². The van der Waals surface area contributed by atoms with Gasteiger partial charge < -0.3 is 9.84 Å². The van der Waals surface area contributed by atoms with Crippen LogP contribution in [-0.2, 0) is 4.74 Å². The molecule has 0 fully saturated rings. The minimum absolute atomic E-state index is 0.330. The van der Waals surface area contributed by atoms with Crippen LogP contribution in [0.2, 0.25) is 0 Å². The molecule has 0 aromatic heterocycles. The van der Waals surface area contributed by atoms with Crippen LogP contribution in [0.3, 0.4) is 0 Å². The molecule has 0 spiro atoms. The van der Waals surface area contributed by atoms with Gasteiger partial charge in [-0.25, -0.2) is 0 Å². The third-order valence-corrected chi connectivity index (χ3v) is 3.53. The van der Waals surface area contributed by atoms with Crippen molar-refractivity contribution in [3.05, 3.63) is 0 Å². The number of rotatable bonds is 7. The molecule has 2 atom stereocenters. The molecular weight excluding hydrogens is 176 g/mol. The Labute approximate surface area is 88.7 Å². The van der Waals surface area contributed by atoms with Gasteiger partial charge in [-0.05, 0) is 25.2 Å². The molecule has 0 rings (SSSR count). The highest BCUT2D eigenvalue weighted by Gasteiger charge is 2.34. The van der Waals surface area contributed by atoms with Gasteiger partial charge >= 0.3 is 0 Å². The van der Waals surface area contributed by atoms with Crippen molar-refractivity contribution in [2.75, 3.05) is 7.11 Å². The minimum Gasteiger partial charge on any atom is -0.390 e. The Kier molecular flexibility index (Phi) is 6.38. The Morgan fingerprint density at radius 3 is 2.00 bits per heavy atom. The van der Waals surface area contributed by atoms with Crippen molar-refractivity contribution in [3.8, 4) is 0 Å². The lowest BCUT2D eigenvalue weighted by atomic mass is 9.84. The van der Waals surface area contributed by atoms with Gasteiger partial charge in [0.1, 0.15) is 0 Å². The third-order valence-electron chi connectivity index (χ3n) is 3.53. The summed E-state index contributed by atoms with van der Waals surface area (Å²) in [6.45, 7) is 8.48. The number of methoxy groups -OCH3 is 1. The van der Waals surface area contributed by atoms with E-state index < -0.39 is 0 Å². The molecule has 2 heteroatoms. The van der Waals surface area contributed by atoms with Gasteiger partial charge in [0.25, 0.3) is 0 Å². The summed E-state index contributed by atoms with van der Waals surface area (Å²) in [6, 6.07) is 0. The van der Waals surface area contributed by atoms with E-state index in [1.807, 2.05) is 0 Å². The van der Waals surface area contributed by atoms with Gasteiger partial charge in [-0.1, -0.05) is 34.1 Å². The van der Waals surface area contributed by atoms with Gasteiger partial charge in [0.2, 0.25) is 0 Å². The smallest absolute Gasteiger partial charge is 0.0931 e. The number of hydrogen-bond donors (Lipinski definition) is 1. The molecule has 2 nitrogen and oxygen atoms in total. The molecule has 0 aromatic rings. The summed E-state index contributed by atoms with van der Waals surface area (Å²) >= 11 is 0. The molecule has 0 aliphatic carbocycles. The summed E-state index contributed by atoms with van der Waals surface area (Å²) in [5.74, 6) is 0.567. The van der Waals surface area contributed by atoms with Crippen LogP contribution in [0.1, 0.15) is 53.4 Å². The SMILES string of the molecule is CCC(C)CC(O)C(CC)(CC)OC. The van der Waals surface area contributed by atoms with Crippen molar-refractivity contribution in [1.29, 1.82) is 0 Å². The molecule has 0 saturated heterocycles. The van der Waals surface area contributed by atoms with E-state index in [1.54, 1.807) is 7.11 Å². The molecular formula is C12H26O2. The Balaban J connectivity index is 4.35. The standard InChI is InChI=1S/C12H26O2/c1-6-10(4)9-11(13)12(7-2,8-3)14-5/h10-11,13H,6-9H2,1-5H3. The van der Waals surface area contributed by atoms with E-state index in [0.29, 0.717) is 5.92 Å². The van der Waals surface area contributed by atoms with Crippen LogP contribution in [0.15, 0.2) is 0 Å². The predicted octanol–water partition coefficient (Wildman–Crippen LogP) is 2.99. The van der Waals surface area contributed by atoms with E-state index in [0.717, 1.165) is 25.7 Å². The molecule has 86 valence electrons. The van der Waals surface area contributed by atoms with Crippen LogP contribution in [0.4, 0.5) is 0 Å². The summed E-state index contributed by atoms with van der Waals surface area (Å²) in [5, 5.41) is 10.1. The quantitative estimate of drug-likeness (QED) is 0.687. The molecule has 0 radical (unpaired) electrons. The second-order valence-electron chi connectivity index (χ2n) is 4.24. The average Bonchev–Trinajstić information content (AvgIpc) is 2.21. The number of aliphatic hydroxyl groups is 1. The van der Waals surface area contributed by atoms with Gasteiger partial charge in [-0.15, -0.1) is 0 Å². The highest BCUT2D eigenvalue weighted by molar-refractivity contribution is 4.86. The van der Waals surface area contributed by atoms with Crippen LogP contribution >= 0.6 is 0 Å². The van der Waals surface area contributed by atoms with E-state index in [-0.39, 0.29) is 11.7 Å². The first-order valence-corrected chi connectivity index (χ1v) is 5.79. The van der Waals surface area contributed by atoms with E-state index >= 15 is 0 Å². The van der Waals surface area contributed by atoms with Gasteiger partial charge in [-0.3, -0.25) is 0 Å². The van der Waals surface area contributed by atoms with E-state index in [4.69, 9.17) is 4.74 Å². The first-order valence-electron chi connectivity index (χ1n) is 5.79. The number of hydrogen-bond acceptors (Lipinski definition) is 2. The van der Waals surface area contributed by atoms with Crippen LogP contribution in [0.5, 0.6) is 0 Å². The van der Waals surface area contributed by atoms with Crippen molar-refractivity contribution in [2.45, 2.75) is 65.1 Å². The summed E-state index contributed by atoms with van der Waals surface area (Å²) in [7, 11) is 1.70. The zero-order valence-corrected chi connectivity index (χ0v) is 10.3. The summed E-state index contributed by atoms with van der Waals surface area (Å²) in [4.78, 5) is 0. The Morgan fingerprint density at radius 1 is 1.21 bits per heavy atom. The first kappa shape index (κ1) is 13.9. The molecule has 0 saturated carbocycles. The zero-order valence-electron chi connectivity index (χ0n) is 10.3. The highest BCUT2D eigenvalue weighted by atomic mass is 16.5. The lowest BCUT2D eigenvalue weighted by Crippen LogP contribution is -2.43. The molecule has 0 aromatic carbocycles. The fraction of sp³-hybridized carbons (Fsp3) is 1.00. The van der Waals surface area contributed by atoms with Crippen LogP contribution in [0, 0.1) is 5.92 Å². The fourth-order valence-electron chi connectivity index (χ4n) is 1.91. The third kappa shape index (κ3) is 3.25. The van der Waals surface area contributed by atoms with Gasteiger partial charge in [0.15, 0.2) is 0 Å². The maximum atomic E-state index is 10.1. The lowest BCUT2D eigenvalue weighted by Gasteiger charge is -2.36. The van der Waals surface area contributed by atoms with Crippen LogP contribution < -0.4 is 0 Å². The van der Waals surface area contributed by atoms with E-state index in [1.165, 1.54) is 0 Å². The van der Waals surface area contributed by atoms with E-state index in [2.05, 4.69) is 27.7 Å². The van der Waals surface area contributed by atoms with E-state index in [9.17, 15) is 5.11 Å². The normalized spacial score (nSPS) is 16.7. The van der Waals surface area contributed by atoms with Crippen molar-refractivity contribution >= 4 is 0 Å². The van der Waals surface area contributed by atoms with Crippen molar-refractivity contribution in [2.24, 2.45) is 5.92 Å². The predicted molar refractivity (Wildman–Crippen MR) is 60.4 cm³/mol. The first-order chi connectivity index (χ1) is 6.56. The maximum Gasteiger partial charge on any atom is 0.0931 e. The van der Waals surface area contributed by atoms with Gasteiger partial charge in [-0.2, -0.15) is 0 Å². The molecule has 14 heavy (non-hydrogen) atoms. The fourth-order valence-corrected chi connectivity index (χ4v) is 1.91. The summed E-state index contributed by atoms with van der Waals surface area (Å²) in [6.07, 6.45) is 3.36. The number of ether oxygens (including phenoxy) is 1. The minimum atomic E-state index is -0.336. The van der Waals surface area contributed by atoms with Crippen LogP contribution in [0.25, 0.3) is 0 Å². The molecule has 0 heterocycles. The average molecular weight is 202 g/mol. The molecule has 0 amide bonds. The summed E-state index contributed by atoms with van der Waals surface area (Å²) in [5.41, 5.74) is -0.330. The molecule has 0 aliphatic rings. The second-order valence-corrected chi connectivity index (χ2v) is 4.24. The van der Waals surface area contributed by atoms with Gasteiger partial charge in [0.05, 0.1) is 11.7 Å². The largest absolute Gasteiger partial charge is 0.390 e. The zero-order chi connectivity index (χ0) is 11.2. The summed E-state index contributed by atoms with van der Waals surface area (Å²) < 4.78 is 5.49. The van der Waals surface area contributed by atoms with Crippen molar-refractivity contribution < 1.29 is 9.84 Å². The molecule has 2 unspecified atom stereocenters. The maximum absolute atomic E-state index is 10.1. The molecule has 0 aliphatic heterocycles. The number of aliphatic hydroxyl groups excluding tert-OH is 1. The van der Waals surface area contributed by atoms with Gasteiger partial charge in [0, 0.05) is 7.11 Å². The lowest BCUT2D eigenvalue weighted by molar-refractivity contribution is -0.114. The topological polar surface area (TPSA) is 29.5 Å². The van der Waals surface area contributed by atoms with Crippen molar-refractivity contribution in [3.63, 3.8) is 0 Å². The van der Waals surface area contributed by atoms with Crippen LogP contribution in [-0.4, -0.2) is 23.9 Å². The molecule has 0 bridgehead atoms. The Bertz CT molecular complexity index is 133. The highest BCUT2D eigenvalue weighted by Crippen LogP contribution is 2.28. The Morgan fingerprint density at radius 2 is 1.71 bits per heavy atom. The Hall–Kier alpha value is -0.0800. The molecule has 1 N–H and O–H groups in total. The second kappa shape index (κ2) is 6.41. The monoisotopic (exact) mass is 202 g/mol.